The second-order valence-corrected chi connectivity index (χ2v) is 4.25. The molecule has 2 aromatic rings. The molecule has 0 atom stereocenters. The number of benzene rings is 1. The molecular formula is C14H9ClNO4-. The van der Waals surface area contributed by atoms with Gasteiger partial charge in [-0.05, 0) is 36.4 Å². The molecule has 1 aromatic carbocycles. The zero-order chi connectivity index (χ0) is 14.5. The van der Waals surface area contributed by atoms with E-state index < -0.39 is 11.9 Å². The molecular weight excluding hydrogens is 282 g/mol. The maximum absolute atomic E-state index is 11.7. The van der Waals surface area contributed by atoms with E-state index in [1.165, 1.54) is 36.6 Å². The van der Waals surface area contributed by atoms with Crippen molar-refractivity contribution in [2.24, 2.45) is 0 Å². The molecule has 2 rings (SSSR count). The lowest BCUT2D eigenvalue weighted by Crippen LogP contribution is -2.24. The number of carbonyl (C=O) groups excluding carboxylic acids is 2. The van der Waals surface area contributed by atoms with Gasteiger partial charge in [-0.2, -0.15) is 0 Å². The van der Waals surface area contributed by atoms with Crippen molar-refractivity contribution in [1.82, 2.24) is 0 Å². The van der Waals surface area contributed by atoms with Crippen LogP contribution >= 0.6 is 11.6 Å². The second-order valence-electron chi connectivity index (χ2n) is 3.82. The number of halogens is 1. The number of furan rings is 1. The number of aromatic carboxylic acids is 1. The fraction of sp³-hybridized carbons (Fsp3) is 0. The average molecular weight is 291 g/mol. The highest BCUT2D eigenvalue weighted by Gasteiger charge is 2.06. The van der Waals surface area contributed by atoms with E-state index in [0.29, 0.717) is 5.76 Å². The number of carbonyl (C=O) groups is 2. The highest BCUT2D eigenvalue weighted by Crippen LogP contribution is 2.20. The minimum absolute atomic E-state index is 0.114. The van der Waals surface area contributed by atoms with E-state index >= 15 is 0 Å². The van der Waals surface area contributed by atoms with E-state index in [2.05, 4.69) is 5.32 Å². The van der Waals surface area contributed by atoms with Crippen molar-refractivity contribution in [2.75, 3.05) is 5.32 Å². The van der Waals surface area contributed by atoms with E-state index in [4.69, 9.17) is 16.0 Å². The highest BCUT2D eigenvalue weighted by atomic mass is 35.5. The third kappa shape index (κ3) is 3.49. The zero-order valence-electron chi connectivity index (χ0n) is 10.1. The summed E-state index contributed by atoms with van der Waals surface area (Å²) in [6.45, 7) is 0. The molecule has 0 unspecified atom stereocenters. The Balaban J connectivity index is 2.13. The van der Waals surface area contributed by atoms with Gasteiger partial charge in [0.1, 0.15) is 5.76 Å². The number of hydrogen-bond acceptors (Lipinski definition) is 4. The third-order valence-electron chi connectivity index (χ3n) is 2.40. The van der Waals surface area contributed by atoms with Crippen molar-refractivity contribution < 1.29 is 19.1 Å². The Kier molecular flexibility index (Phi) is 4.22. The minimum atomic E-state index is -1.42. The summed E-state index contributed by atoms with van der Waals surface area (Å²) in [7, 11) is 0. The van der Waals surface area contributed by atoms with Gasteiger partial charge in [0.25, 0.3) is 0 Å². The van der Waals surface area contributed by atoms with E-state index in [-0.39, 0.29) is 16.3 Å². The fourth-order valence-corrected chi connectivity index (χ4v) is 1.68. The Hall–Kier alpha value is -2.53. The lowest BCUT2D eigenvalue weighted by molar-refractivity contribution is -0.254. The predicted octanol–water partition coefficient (Wildman–Crippen LogP) is 1.95. The van der Waals surface area contributed by atoms with Crippen LogP contribution in [-0.2, 0) is 4.79 Å². The molecule has 0 aliphatic carbocycles. The molecule has 0 radical (unpaired) electrons. The first-order valence-electron chi connectivity index (χ1n) is 5.60. The first-order valence-corrected chi connectivity index (χ1v) is 5.97. The third-order valence-corrected chi connectivity index (χ3v) is 2.64. The van der Waals surface area contributed by atoms with Crippen molar-refractivity contribution in [3.05, 3.63) is 59.0 Å². The van der Waals surface area contributed by atoms with Gasteiger partial charge in [-0.15, -0.1) is 0 Å². The van der Waals surface area contributed by atoms with Crippen LogP contribution in [0.15, 0.2) is 47.1 Å². The van der Waals surface area contributed by atoms with Gasteiger partial charge in [-0.25, -0.2) is 0 Å². The van der Waals surface area contributed by atoms with Gasteiger partial charge in [-0.1, -0.05) is 11.6 Å². The number of carboxylic acid groups (broad SMARTS) is 1. The van der Waals surface area contributed by atoms with Crippen LogP contribution in [0.1, 0.15) is 16.1 Å². The molecule has 0 fully saturated rings. The molecule has 102 valence electrons. The number of carboxylic acids is 1. The molecule has 20 heavy (non-hydrogen) atoms. The molecule has 0 spiro atoms. The summed E-state index contributed by atoms with van der Waals surface area (Å²) in [5, 5.41) is 13.6. The van der Waals surface area contributed by atoms with E-state index in [0.717, 1.165) is 0 Å². The van der Waals surface area contributed by atoms with Crippen molar-refractivity contribution >= 4 is 35.2 Å². The standard InChI is InChI=1S/C14H10ClNO4/c15-9-3-5-12(11(8-9)14(18)19)16-13(17)6-4-10-2-1-7-20-10/h1-8H,(H,16,17)(H,18,19)/p-1. The topological polar surface area (TPSA) is 82.4 Å². The molecule has 0 saturated heterocycles. The second kappa shape index (κ2) is 6.08. The van der Waals surface area contributed by atoms with Crippen LogP contribution in [0.5, 0.6) is 0 Å². The normalized spacial score (nSPS) is 10.7. The van der Waals surface area contributed by atoms with Crippen LogP contribution in [0, 0.1) is 0 Å². The number of nitrogens with one attached hydrogen (secondary N) is 1. The van der Waals surface area contributed by atoms with Crippen molar-refractivity contribution in [1.29, 1.82) is 0 Å². The molecule has 1 heterocycles. The maximum atomic E-state index is 11.7. The van der Waals surface area contributed by atoms with Crippen molar-refractivity contribution in [2.45, 2.75) is 0 Å². The smallest absolute Gasteiger partial charge is 0.248 e. The highest BCUT2D eigenvalue weighted by molar-refractivity contribution is 6.31. The van der Waals surface area contributed by atoms with Crippen LogP contribution in [-0.4, -0.2) is 11.9 Å². The first kappa shape index (κ1) is 13.9. The zero-order valence-corrected chi connectivity index (χ0v) is 10.9. The van der Waals surface area contributed by atoms with Gasteiger partial charge in [0.05, 0.1) is 17.9 Å². The van der Waals surface area contributed by atoms with Gasteiger partial charge in [0.2, 0.25) is 5.91 Å². The van der Waals surface area contributed by atoms with Gasteiger partial charge in [-0.3, -0.25) is 4.79 Å². The number of amides is 1. The molecule has 1 aromatic heterocycles. The Bertz CT molecular complexity index is 662. The van der Waals surface area contributed by atoms with Gasteiger partial charge < -0.3 is 19.6 Å². The van der Waals surface area contributed by atoms with E-state index in [9.17, 15) is 14.7 Å². The van der Waals surface area contributed by atoms with Crippen LogP contribution < -0.4 is 10.4 Å². The molecule has 0 saturated carbocycles. The summed E-state index contributed by atoms with van der Waals surface area (Å²) in [6, 6.07) is 7.44. The summed E-state index contributed by atoms with van der Waals surface area (Å²) in [6.07, 6.45) is 4.17. The Morgan fingerprint density at radius 1 is 1.30 bits per heavy atom. The van der Waals surface area contributed by atoms with Gasteiger partial charge in [0, 0.05) is 16.7 Å². The summed E-state index contributed by atoms with van der Waals surface area (Å²) in [5.41, 5.74) is -0.0688. The lowest BCUT2D eigenvalue weighted by atomic mass is 10.2. The largest absolute Gasteiger partial charge is 0.545 e. The van der Waals surface area contributed by atoms with E-state index in [1.54, 1.807) is 12.1 Å². The van der Waals surface area contributed by atoms with Crippen LogP contribution in [0.3, 0.4) is 0 Å². The maximum Gasteiger partial charge on any atom is 0.248 e. The molecule has 0 bridgehead atoms. The van der Waals surface area contributed by atoms with Crippen LogP contribution in [0.2, 0.25) is 5.02 Å². The average Bonchev–Trinajstić information content (AvgIpc) is 2.91. The molecule has 0 aliphatic heterocycles. The van der Waals surface area contributed by atoms with Crippen molar-refractivity contribution in [3.63, 3.8) is 0 Å². The molecule has 0 aliphatic rings. The lowest BCUT2D eigenvalue weighted by Gasteiger charge is -2.10. The van der Waals surface area contributed by atoms with Crippen molar-refractivity contribution in [3.8, 4) is 0 Å². The number of anilines is 1. The minimum Gasteiger partial charge on any atom is -0.545 e. The monoisotopic (exact) mass is 290 g/mol. The van der Waals surface area contributed by atoms with Crippen LogP contribution in [0.25, 0.3) is 6.08 Å². The van der Waals surface area contributed by atoms with E-state index in [1.807, 2.05) is 0 Å². The summed E-state index contributed by atoms with van der Waals surface area (Å²) in [5.74, 6) is -1.40. The molecule has 1 amide bonds. The SMILES string of the molecule is O=C(C=Cc1ccco1)Nc1ccc(Cl)cc1C(=O)[O-]. The summed E-state index contributed by atoms with van der Waals surface area (Å²) in [4.78, 5) is 22.6. The Labute approximate surface area is 119 Å². The quantitative estimate of drug-likeness (QED) is 0.873. The summed E-state index contributed by atoms with van der Waals surface area (Å²) >= 11 is 5.70. The Morgan fingerprint density at radius 2 is 2.10 bits per heavy atom. The fourth-order valence-electron chi connectivity index (χ4n) is 1.51. The number of rotatable bonds is 4. The number of hydrogen-bond donors (Lipinski definition) is 1. The summed E-state index contributed by atoms with van der Waals surface area (Å²) < 4.78 is 5.02. The molecule has 5 nitrogen and oxygen atoms in total. The molecule has 6 heteroatoms. The van der Waals surface area contributed by atoms with Crippen LogP contribution in [0.4, 0.5) is 5.69 Å². The molecule has 1 N–H and O–H groups in total. The Morgan fingerprint density at radius 3 is 2.75 bits per heavy atom. The van der Waals surface area contributed by atoms with Gasteiger partial charge >= 0.3 is 0 Å². The van der Waals surface area contributed by atoms with Gasteiger partial charge in [0.15, 0.2) is 0 Å². The predicted molar refractivity (Wildman–Crippen MR) is 72.2 cm³/mol. The first-order chi connectivity index (χ1) is 9.56.